The number of rotatable bonds is 4. The van der Waals surface area contributed by atoms with Crippen LogP contribution in [0.5, 0.6) is 5.75 Å². The van der Waals surface area contributed by atoms with Gasteiger partial charge in [-0.1, -0.05) is 23.2 Å². The Hall–Kier alpha value is -0.970. The number of nitrogens with zero attached hydrogens (tertiary/aromatic N) is 1. The Morgan fingerprint density at radius 3 is 2.64 bits per heavy atom. The van der Waals surface area contributed by atoms with Crippen molar-refractivity contribution < 1.29 is 9.53 Å². The van der Waals surface area contributed by atoms with Crippen LogP contribution in [-0.2, 0) is 4.79 Å². The lowest BCUT2D eigenvalue weighted by Gasteiger charge is -2.36. The molecular formula is C16H20Cl2N2O2. The van der Waals surface area contributed by atoms with Crippen LogP contribution in [0.4, 0.5) is 0 Å². The molecule has 1 aromatic rings. The fourth-order valence-corrected chi connectivity index (χ4v) is 4.00. The number of benzene rings is 1. The van der Waals surface area contributed by atoms with Gasteiger partial charge in [0.15, 0.2) is 6.61 Å². The molecular weight excluding hydrogens is 323 g/mol. The highest BCUT2D eigenvalue weighted by atomic mass is 35.5. The highest BCUT2D eigenvalue weighted by molar-refractivity contribution is 6.35. The summed E-state index contributed by atoms with van der Waals surface area (Å²) >= 11 is 11.9. The maximum atomic E-state index is 12.1. The zero-order chi connectivity index (χ0) is 15.7. The largest absolute Gasteiger partial charge is 0.482 e. The van der Waals surface area contributed by atoms with Gasteiger partial charge >= 0.3 is 0 Å². The summed E-state index contributed by atoms with van der Waals surface area (Å²) in [6.07, 6.45) is 4.54. The van der Waals surface area contributed by atoms with Crippen LogP contribution in [0.15, 0.2) is 18.2 Å². The first kappa shape index (κ1) is 15.9. The summed E-state index contributed by atoms with van der Waals surface area (Å²) in [5.74, 6) is 0.379. The van der Waals surface area contributed by atoms with Gasteiger partial charge in [-0.15, -0.1) is 0 Å². The number of amides is 1. The number of hydrogen-bond acceptors (Lipinski definition) is 3. The first-order chi connectivity index (χ1) is 10.5. The molecule has 0 aliphatic carbocycles. The van der Waals surface area contributed by atoms with Crippen LogP contribution in [0, 0.1) is 0 Å². The van der Waals surface area contributed by atoms with E-state index >= 15 is 0 Å². The quantitative estimate of drug-likeness (QED) is 0.913. The molecule has 0 saturated carbocycles. The summed E-state index contributed by atoms with van der Waals surface area (Å²) in [6.45, 7) is -0.0248. The van der Waals surface area contributed by atoms with Crippen LogP contribution in [0.3, 0.4) is 0 Å². The zero-order valence-electron chi connectivity index (χ0n) is 12.5. The second-order valence-electron chi connectivity index (χ2n) is 6.15. The number of carbonyl (C=O) groups is 1. The van der Waals surface area contributed by atoms with Gasteiger partial charge in [0.25, 0.3) is 5.91 Å². The lowest BCUT2D eigenvalue weighted by Crippen LogP contribution is -2.49. The normalized spacial score (nSPS) is 27.7. The van der Waals surface area contributed by atoms with Gasteiger partial charge in [0.2, 0.25) is 0 Å². The van der Waals surface area contributed by atoms with E-state index in [9.17, 15) is 4.79 Å². The first-order valence-electron chi connectivity index (χ1n) is 7.62. The average molecular weight is 343 g/mol. The fraction of sp³-hybridized carbons (Fsp3) is 0.562. The second kappa shape index (κ2) is 6.65. The van der Waals surface area contributed by atoms with Crippen molar-refractivity contribution in [1.82, 2.24) is 10.2 Å². The Kier molecular flexibility index (Phi) is 4.81. The number of ether oxygens (including phenoxy) is 1. The van der Waals surface area contributed by atoms with E-state index in [1.165, 1.54) is 12.8 Å². The Bertz CT molecular complexity index is 553. The van der Waals surface area contributed by atoms with E-state index in [0.717, 1.165) is 12.8 Å². The summed E-state index contributed by atoms with van der Waals surface area (Å²) in [4.78, 5) is 14.5. The molecule has 2 saturated heterocycles. The van der Waals surface area contributed by atoms with Crippen molar-refractivity contribution in [3.63, 3.8) is 0 Å². The smallest absolute Gasteiger partial charge is 0.258 e. The van der Waals surface area contributed by atoms with Crippen molar-refractivity contribution >= 4 is 29.1 Å². The van der Waals surface area contributed by atoms with E-state index in [-0.39, 0.29) is 18.6 Å². The van der Waals surface area contributed by atoms with Crippen LogP contribution in [0.25, 0.3) is 0 Å². The Labute approximate surface area is 140 Å². The number of fused-ring (bicyclic) bond motifs is 2. The standard InChI is InChI=1S/C16H20Cl2N2O2/c1-20-12-3-4-13(20)8-11(7-12)19-16(21)9-22-15-5-2-10(17)6-14(15)18/h2,5-6,11-13H,3-4,7-9H2,1H3,(H,19,21)/t12-,13-/m0/s1. The fourth-order valence-electron chi connectivity index (χ4n) is 3.53. The molecule has 3 rings (SSSR count). The van der Waals surface area contributed by atoms with Gasteiger partial charge in [-0.2, -0.15) is 0 Å². The van der Waals surface area contributed by atoms with E-state index in [4.69, 9.17) is 27.9 Å². The van der Waals surface area contributed by atoms with Gasteiger partial charge < -0.3 is 15.0 Å². The molecule has 1 aromatic carbocycles. The lowest BCUT2D eigenvalue weighted by atomic mass is 9.98. The molecule has 0 unspecified atom stereocenters. The van der Waals surface area contributed by atoms with Gasteiger partial charge in [-0.3, -0.25) is 4.79 Å². The predicted octanol–water partition coefficient (Wildman–Crippen LogP) is 3.11. The number of hydrogen-bond donors (Lipinski definition) is 1. The van der Waals surface area contributed by atoms with Crippen molar-refractivity contribution in [2.75, 3.05) is 13.7 Å². The number of halogens is 2. The molecule has 120 valence electrons. The van der Waals surface area contributed by atoms with Crippen LogP contribution in [-0.4, -0.2) is 42.6 Å². The van der Waals surface area contributed by atoms with Gasteiger partial charge in [0.1, 0.15) is 5.75 Å². The maximum Gasteiger partial charge on any atom is 0.258 e. The van der Waals surface area contributed by atoms with Gasteiger partial charge in [-0.05, 0) is 50.9 Å². The molecule has 0 spiro atoms. The Morgan fingerprint density at radius 2 is 2.00 bits per heavy atom. The van der Waals surface area contributed by atoms with Gasteiger partial charge in [-0.25, -0.2) is 0 Å². The summed E-state index contributed by atoms with van der Waals surface area (Å²) in [7, 11) is 2.19. The van der Waals surface area contributed by atoms with Gasteiger partial charge in [0.05, 0.1) is 5.02 Å². The third-order valence-electron chi connectivity index (χ3n) is 4.72. The van der Waals surface area contributed by atoms with Crippen molar-refractivity contribution in [1.29, 1.82) is 0 Å². The topological polar surface area (TPSA) is 41.6 Å². The molecule has 6 heteroatoms. The van der Waals surface area contributed by atoms with Crippen molar-refractivity contribution in [3.05, 3.63) is 28.2 Å². The highest BCUT2D eigenvalue weighted by Gasteiger charge is 2.38. The molecule has 0 radical (unpaired) electrons. The summed E-state index contributed by atoms with van der Waals surface area (Å²) in [5.41, 5.74) is 0. The Morgan fingerprint density at radius 1 is 1.32 bits per heavy atom. The van der Waals surface area contributed by atoms with Crippen molar-refractivity contribution in [2.24, 2.45) is 0 Å². The molecule has 2 aliphatic heterocycles. The van der Waals surface area contributed by atoms with E-state index in [1.807, 2.05) is 0 Å². The molecule has 1 N–H and O–H groups in total. The summed E-state index contributed by atoms with van der Waals surface area (Å²) in [5, 5.41) is 4.04. The van der Waals surface area contributed by atoms with Crippen LogP contribution >= 0.6 is 23.2 Å². The molecule has 1 amide bonds. The maximum absolute atomic E-state index is 12.1. The second-order valence-corrected chi connectivity index (χ2v) is 6.99. The number of nitrogens with one attached hydrogen (secondary N) is 1. The molecule has 2 heterocycles. The van der Waals surface area contributed by atoms with Gasteiger partial charge in [0, 0.05) is 23.1 Å². The molecule has 2 fully saturated rings. The summed E-state index contributed by atoms with van der Waals surface area (Å²) < 4.78 is 5.47. The highest BCUT2D eigenvalue weighted by Crippen LogP contribution is 2.34. The van der Waals surface area contributed by atoms with Crippen molar-refractivity contribution in [3.8, 4) is 5.75 Å². The van der Waals surface area contributed by atoms with Crippen LogP contribution in [0.1, 0.15) is 25.7 Å². The molecule has 2 atom stereocenters. The summed E-state index contributed by atoms with van der Waals surface area (Å²) in [6, 6.07) is 6.44. The molecule has 2 bridgehead atoms. The molecule has 22 heavy (non-hydrogen) atoms. The molecule has 4 nitrogen and oxygen atoms in total. The van der Waals surface area contributed by atoms with E-state index in [2.05, 4.69) is 17.3 Å². The third kappa shape index (κ3) is 3.50. The first-order valence-corrected chi connectivity index (χ1v) is 8.37. The Balaban J connectivity index is 1.49. The van der Waals surface area contributed by atoms with E-state index in [0.29, 0.717) is 27.9 Å². The van der Waals surface area contributed by atoms with Crippen LogP contribution in [0.2, 0.25) is 10.0 Å². The van der Waals surface area contributed by atoms with E-state index < -0.39 is 0 Å². The minimum absolute atomic E-state index is 0.0248. The average Bonchev–Trinajstić information content (AvgIpc) is 2.69. The molecule has 2 aliphatic rings. The minimum Gasteiger partial charge on any atom is -0.482 e. The van der Waals surface area contributed by atoms with E-state index in [1.54, 1.807) is 18.2 Å². The minimum atomic E-state index is -0.0973. The van der Waals surface area contributed by atoms with Crippen LogP contribution < -0.4 is 10.1 Å². The predicted molar refractivity (Wildman–Crippen MR) is 87.7 cm³/mol. The third-order valence-corrected chi connectivity index (χ3v) is 5.25. The number of piperidine rings is 1. The zero-order valence-corrected chi connectivity index (χ0v) is 14.0. The van der Waals surface area contributed by atoms with Crippen molar-refractivity contribution in [2.45, 2.75) is 43.8 Å². The number of carbonyl (C=O) groups excluding carboxylic acids is 1. The SMILES string of the molecule is CN1[C@H]2CC[C@H]1CC(NC(=O)COc1ccc(Cl)cc1Cl)C2. The lowest BCUT2D eigenvalue weighted by molar-refractivity contribution is -0.124. The monoisotopic (exact) mass is 342 g/mol. The molecule has 0 aromatic heterocycles.